The van der Waals surface area contributed by atoms with Crippen molar-refractivity contribution in [3.05, 3.63) is 28.5 Å². The number of halogens is 3. The SMILES string of the molecule is FC(F)(F)c1cc(C2CCCN(Cc3cnns3)C2)[nH]n1. The zero-order valence-electron chi connectivity index (χ0n) is 11.1. The van der Waals surface area contributed by atoms with Crippen LogP contribution in [0, 0.1) is 0 Å². The normalized spacial score (nSPS) is 20.8. The van der Waals surface area contributed by atoms with Gasteiger partial charge >= 0.3 is 6.18 Å². The second kappa shape index (κ2) is 5.72. The second-order valence-corrected chi connectivity index (χ2v) is 6.03. The molecule has 0 aromatic carbocycles. The van der Waals surface area contributed by atoms with Crippen molar-refractivity contribution in [3.63, 3.8) is 0 Å². The van der Waals surface area contributed by atoms with E-state index in [1.165, 1.54) is 11.5 Å². The fourth-order valence-electron chi connectivity index (χ4n) is 2.62. The third kappa shape index (κ3) is 3.41. The molecule has 1 aliphatic heterocycles. The van der Waals surface area contributed by atoms with Crippen molar-refractivity contribution in [1.29, 1.82) is 0 Å². The summed E-state index contributed by atoms with van der Waals surface area (Å²) in [7, 11) is 0. The van der Waals surface area contributed by atoms with Gasteiger partial charge in [0.2, 0.25) is 0 Å². The van der Waals surface area contributed by atoms with E-state index in [2.05, 4.69) is 24.7 Å². The lowest BCUT2D eigenvalue weighted by Gasteiger charge is -2.31. The van der Waals surface area contributed by atoms with E-state index in [-0.39, 0.29) is 5.92 Å². The summed E-state index contributed by atoms with van der Waals surface area (Å²) in [6, 6.07) is 1.13. The summed E-state index contributed by atoms with van der Waals surface area (Å²) in [5.41, 5.74) is -0.282. The molecule has 2 aromatic heterocycles. The van der Waals surface area contributed by atoms with Crippen LogP contribution in [0.1, 0.15) is 35.0 Å². The Balaban J connectivity index is 1.67. The van der Waals surface area contributed by atoms with Gasteiger partial charge in [0.15, 0.2) is 5.69 Å². The fourth-order valence-corrected chi connectivity index (χ4v) is 3.16. The number of likely N-dealkylation sites (tertiary alicyclic amines) is 1. The quantitative estimate of drug-likeness (QED) is 0.945. The third-order valence-electron chi connectivity index (χ3n) is 3.62. The molecule has 0 aliphatic carbocycles. The average Bonchev–Trinajstić information content (AvgIpc) is 3.09. The Labute approximate surface area is 123 Å². The van der Waals surface area contributed by atoms with E-state index in [4.69, 9.17) is 0 Å². The molecule has 21 heavy (non-hydrogen) atoms. The molecule has 114 valence electrons. The summed E-state index contributed by atoms with van der Waals surface area (Å²) in [5.74, 6) is 0.0585. The topological polar surface area (TPSA) is 57.7 Å². The molecule has 0 amide bonds. The van der Waals surface area contributed by atoms with Crippen molar-refractivity contribution in [1.82, 2.24) is 24.7 Å². The summed E-state index contributed by atoms with van der Waals surface area (Å²) < 4.78 is 41.6. The summed E-state index contributed by atoms with van der Waals surface area (Å²) in [4.78, 5) is 3.29. The molecular formula is C12H14F3N5S. The van der Waals surface area contributed by atoms with Gasteiger partial charge in [-0.15, -0.1) is 5.10 Å². The molecule has 0 bridgehead atoms. The average molecular weight is 317 g/mol. The van der Waals surface area contributed by atoms with Crippen LogP contribution in [0.5, 0.6) is 0 Å². The van der Waals surface area contributed by atoms with Crippen LogP contribution in [0.25, 0.3) is 0 Å². The van der Waals surface area contributed by atoms with E-state index in [9.17, 15) is 13.2 Å². The van der Waals surface area contributed by atoms with Gasteiger partial charge in [-0.3, -0.25) is 10.00 Å². The molecular weight excluding hydrogens is 303 g/mol. The molecule has 0 saturated carbocycles. The van der Waals surface area contributed by atoms with Crippen LogP contribution >= 0.6 is 11.5 Å². The van der Waals surface area contributed by atoms with Gasteiger partial charge in [0, 0.05) is 24.7 Å². The molecule has 5 nitrogen and oxygen atoms in total. The zero-order chi connectivity index (χ0) is 14.9. The summed E-state index contributed by atoms with van der Waals surface area (Å²) in [6.07, 6.45) is -0.835. The highest BCUT2D eigenvalue weighted by Gasteiger charge is 2.35. The highest BCUT2D eigenvalue weighted by atomic mass is 32.1. The Morgan fingerprint density at radius 3 is 2.95 bits per heavy atom. The highest BCUT2D eigenvalue weighted by molar-refractivity contribution is 7.05. The second-order valence-electron chi connectivity index (χ2n) is 5.16. The minimum atomic E-state index is -4.39. The Morgan fingerprint density at radius 2 is 2.29 bits per heavy atom. The smallest absolute Gasteiger partial charge is 0.297 e. The monoisotopic (exact) mass is 317 g/mol. The van der Waals surface area contributed by atoms with Gasteiger partial charge < -0.3 is 0 Å². The number of aromatic nitrogens is 4. The number of hydrogen-bond donors (Lipinski definition) is 1. The summed E-state index contributed by atoms with van der Waals surface area (Å²) in [6.45, 7) is 2.40. The summed E-state index contributed by atoms with van der Waals surface area (Å²) >= 11 is 1.35. The van der Waals surface area contributed by atoms with E-state index in [1.54, 1.807) is 6.20 Å². The van der Waals surface area contributed by atoms with Crippen LogP contribution in [0.4, 0.5) is 13.2 Å². The molecule has 0 radical (unpaired) electrons. The van der Waals surface area contributed by atoms with Crippen molar-refractivity contribution in [2.24, 2.45) is 0 Å². The summed E-state index contributed by atoms with van der Waals surface area (Å²) in [5, 5.41) is 9.72. The molecule has 1 aliphatic rings. The molecule has 0 spiro atoms. The lowest BCUT2D eigenvalue weighted by Crippen LogP contribution is -2.33. The van der Waals surface area contributed by atoms with Crippen LogP contribution in [0.2, 0.25) is 0 Å². The molecule has 1 unspecified atom stereocenters. The first-order valence-corrected chi connectivity index (χ1v) is 7.41. The minimum absolute atomic E-state index is 0.0585. The highest BCUT2D eigenvalue weighted by Crippen LogP contribution is 2.32. The van der Waals surface area contributed by atoms with Gasteiger partial charge in [0.25, 0.3) is 0 Å². The number of alkyl halides is 3. The van der Waals surface area contributed by atoms with Crippen molar-refractivity contribution >= 4 is 11.5 Å². The van der Waals surface area contributed by atoms with Crippen molar-refractivity contribution in [3.8, 4) is 0 Å². The molecule has 9 heteroatoms. The number of hydrogen-bond acceptors (Lipinski definition) is 5. The first-order chi connectivity index (χ1) is 10.0. The predicted molar refractivity (Wildman–Crippen MR) is 70.8 cm³/mol. The molecule has 1 fully saturated rings. The lowest BCUT2D eigenvalue weighted by molar-refractivity contribution is -0.141. The molecule has 2 aromatic rings. The Bertz CT molecular complexity index is 580. The Kier molecular flexibility index (Phi) is 3.94. The van der Waals surface area contributed by atoms with E-state index in [0.29, 0.717) is 5.69 Å². The Hall–Kier alpha value is -1.48. The van der Waals surface area contributed by atoms with Gasteiger partial charge in [0.1, 0.15) is 0 Å². The minimum Gasteiger partial charge on any atom is -0.297 e. The zero-order valence-corrected chi connectivity index (χ0v) is 11.9. The molecule has 3 rings (SSSR count). The van der Waals surface area contributed by atoms with Crippen molar-refractivity contribution < 1.29 is 13.2 Å². The number of H-pyrrole nitrogens is 1. The van der Waals surface area contributed by atoms with Crippen molar-refractivity contribution in [2.45, 2.75) is 31.5 Å². The molecule has 1 N–H and O–H groups in total. The third-order valence-corrected chi connectivity index (χ3v) is 4.26. The predicted octanol–water partition coefficient (Wildman–Crippen LogP) is 2.66. The first kappa shape index (κ1) is 14.5. The molecule has 3 heterocycles. The van der Waals surface area contributed by atoms with E-state index in [1.807, 2.05) is 0 Å². The van der Waals surface area contributed by atoms with E-state index in [0.717, 1.165) is 43.4 Å². The van der Waals surface area contributed by atoms with Crippen LogP contribution in [-0.2, 0) is 12.7 Å². The van der Waals surface area contributed by atoms with Crippen molar-refractivity contribution in [2.75, 3.05) is 13.1 Å². The number of piperidine rings is 1. The van der Waals surface area contributed by atoms with Gasteiger partial charge in [-0.05, 0) is 37.0 Å². The van der Waals surface area contributed by atoms with Crippen LogP contribution < -0.4 is 0 Å². The van der Waals surface area contributed by atoms with Gasteiger partial charge in [0.05, 0.1) is 11.1 Å². The first-order valence-electron chi connectivity index (χ1n) is 6.63. The number of nitrogens with one attached hydrogen (secondary N) is 1. The van der Waals surface area contributed by atoms with E-state index < -0.39 is 11.9 Å². The maximum Gasteiger partial charge on any atom is 0.435 e. The van der Waals surface area contributed by atoms with Crippen LogP contribution in [0.3, 0.4) is 0 Å². The van der Waals surface area contributed by atoms with Gasteiger partial charge in [-0.25, -0.2) is 0 Å². The van der Waals surface area contributed by atoms with Crippen LogP contribution in [-0.4, -0.2) is 37.8 Å². The fraction of sp³-hybridized carbons (Fsp3) is 0.583. The Morgan fingerprint density at radius 1 is 1.43 bits per heavy atom. The van der Waals surface area contributed by atoms with E-state index >= 15 is 0 Å². The molecule has 1 atom stereocenters. The number of rotatable bonds is 3. The maximum absolute atomic E-state index is 12.6. The van der Waals surface area contributed by atoms with Gasteiger partial charge in [-0.1, -0.05) is 4.49 Å². The van der Waals surface area contributed by atoms with Gasteiger partial charge in [-0.2, -0.15) is 18.3 Å². The standard InChI is InChI=1S/C12H14F3N5S/c13-12(14,15)11-4-10(17-18-11)8-2-1-3-20(6-8)7-9-5-16-19-21-9/h4-5,8H,1-3,6-7H2,(H,17,18). The molecule has 1 saturated heterocycles. The largest absolute Gasteiger partial charge is 0.435 e. The maximum atomic E-state index is 12.6. The number of nitrogens with zero attached hydrogens (tertiary/aromatic N) is 4. The lowest BCUT2D eigenvalue weighted by atomic mass is 9.94. The van der Waals surface area contributed by atoms with Crippen LogP contribution in [0.15, 0.2) is 12.3 Å². The number of aromatic amines is 1.